The van der Waals surface area contributed by atoms with Crippen LogP contribution in [0.1, 0.15) is 37.7 Å². The van der Waals surface area contributed by atoms with E-state index in [1.54, 1.807) is 16.7 Å². The predicted octanol–water partition coefficient (Wildman–Crippen LogP) is 4.89. The van der Waals surface area contributed by atoms with Gasteiger partial charge in [-0.2, -0.15) is 0 Å². The van der Waals surface area contributed by atoms with Crippen LogP contribution in [0, 0.1) is 6.92 Å². The number of halogens is 1. The summed E-state index contributed by atoms with van der Waals surface area (Å²) in [5.41, 5.74) is 1.93. The largest absolute Gasteiger partial charge is 0.353 e. The number of hydrogen-bond acceptors (Lipinski definition) is 4. The second kappa shape index (κ2) is 9.23. The maximum absolute atomic E-state index is 13.3. The first kappa shape index (κ1) is 20.9. The van der Waals surface area contributed by atoms with Crippen LogP contribution in [0.15, 0.2) is 52.4 Å². The monoisotopic (exact) mass is 441 g/mol. The van der Waals surface area contributed by atoms with E-state index in [9.17, 15) is 9.59 Å². The Bertz CT molecular complexity index is 1140. The third kappa shape index (κ3) is 4.40. The third-order valence-corrected chi connectivity index (χ3v) is 6.88. The van der Waals surface area contributed by atoms with Crippen molar-refractivity contribution in [3.8, 4) is 5.69 Å². The summed E-state index contributed by atoms with van der Waals surface area (Å²) in [5.74, 6) is 0.185. The number of rotatable bonds is 5. The summed E-state index contributed by atoms with van der Waals surface area (Å²) in [4.78, 5) is 30.6. The molecule has 1 aromatic heterocycles. The number of carbonyl (C=O) groups is 1. The van der Waals surface area contributed by atoms with Crippen LogP contribution in [0.3, 0.4) is 0 Å². The Labute approximate surface area is 184 Å². The van der Waals surface area contributed by atoms with E-state index in [0.717, 1.165) is 31.2 Å². The molecule has 2 aromatic carbocycles. The normalized spacial score (nSPS) is 14.7. The fourth-order valence-electron chi connectivity index (χ4n) is 3.91. The zero-order valence-corrected chi connectivity index (χ0v) is 18.4. The number of hydrogen-bond donors (Lipinski definition) is 1. The van der Waals surface area contributed by atoms with Gasteiger partial charge in [0.1, 0.15) is 0 Å². The van der Waals surface area contributed by atoms with Crippen LogP contribution < -0.4 is 10.9 Å². The van der Waals surface area contributed by atoms with Gasteiger partial charge < -0.3 is 5.32 Å². The van der Waals surface area contributed by atoms with Gasteiger partial charge in [0.05, 0.1) is 22.3 Å². The van der Waals surface area contributed by atoms with Gasteiger partial charge in [0.25, 0.3) is 5.56 Å². The molecule has 5 nitrogen and oxygen atoms in total. The van der Waals surface area contributed by atoms with Crippen LogP contribution in [0.4, 0.5) is 0 Å². The summed E-state index contributed by atoms with van der Waals surface area (Å²) < 4.78 is 1.57. The molecular formula is C23H24ClN3O2S. The fourth-order valence-corrected chi connectivity index (χ4v) is 4.89. The van der Waals surface area contributed by atoms with E-state index in [4.69, 9.17) is 16.6 Å². The third-order valence-electron chi connectivity index (χ3n) is 5.53. The van der Waals surface area contributed by atoms with E-state index >= 15 is 0 Å². The van der Waals surface area contributed by atoms with Crippen LogP contribution in [0.2, 0.25) is 5.02 Å². The summed E-state index contributed by atoms with van der Waals surface area (Å²) in [6, 6.07) is 13.0. The lowest BCUT2D eigenvalue weighted by Gasteiger charge is -2.22. The van der Waals surface area contributed by atoms with Crippen LogP contribution >= 0.6 is 23.4 Å². The van der Waals surface area contributed by atoms with Gasteiger partial charge in [-0.1, -0.05) is 60.8 Å². The molecule has 1 amide bonds. The van der Waals surface area contributed by atoms with Crippen molar-refractivity contribution in [3.05, 3.63) is 63.4 Å². The van der Waals surface area contributed by atoms with Gasteiger partial charge >= 0.3 is 0 Å². The zero-order valence-electron chi connectivity index (χ0n) is 16.9. The molecule has 1 fully saturated rings. The highest BCUT2D eigenvalue weighted by atomic mass is 35.5. The van der Waals surface area contributed by atoms with Gasteiger partial charge in [-0.05, 0) is 49.6 Å². The number of para-hydroxylation sites is 1. The molecular weight excluding hydrogens is 418 g/mol. The fraction of sp³-hybridized carbons (Fsp3) is 0.348. The molecule has 0 bridgehead atoms. The molecule has 1 aliphatic carbocycles. The quantitative estimate of drug-likeness (QED) is 0.452. The van der Waals surface area contributed by atoms with Gasteiger partial charge in [-0.25, -0.2) is 4.98 Å². The number of carbonyl (C=O) groups excluding carboxylic acids is 1. The van der Waals surface area contributed by atoms with Crippen LogP contribution in [0.25, 0.3) is 16.6 Å². The SMILES string of the molecule is Cc1c(Cl)cccc1-n1c(SCC(=O)NC2CCCCC2)nc2ccccc2c1=O. The molecule has 0 radical (unpaired) electrons. The Morgan fingerprint density at radius 2 is 1.93 bits per heavy atom. The second-order valence-electron chi connectivity index (χ2n) is 7.63. The molecule has 156 valence electrons. The smallest absolute Gasteiger partial charge is 0.266 e. The summed E-state index contributed by atoms with van der Waals surface area (Å²) in [6.45, 7) is 1.88. The molecule has 4 rings (SSSR count). The van der Waals surface area contributed by atoms with E-state index in [1.807, 2.05) is 37.3 Å². The van der Waals surface area contributed by atoms with Crippen LogP contribution in [-0.4, -0.2) is 27.3 Å². The van der Waals surface area contributed by atoms with Crippen LogP contribution in [-0.2, 0) is 4.79 Å². The van der Waals surface area contributed by atoms with Crippen molar-refractivity contribution >= 4 is 40.2 Å². The number of nitrogens with zero attached hydrogens (tertiary/aromatic N) is 2. The van der Waals surface area contributed by atoms with Crippen molar-refractivity contribution in [1.82, 2.24) is 14.9 Å². The Morgan fingerprint density at radius 1 is 1.17 bits per heavy atom. The first-order chi connectivity index (χ1) is 14.5. The minimum Gasteiger partial charge on any atom is -0.353 e. The topological polar surface area (TPSA) is 64.0 Å². The van der Waals surface area contributed by atoms with E-state index in [2.05, 4.69) is 5.32 Å². The standard InChI is InChI=1S/C23H24ClN3O2S/c1-15-18(24)11-7-13-20(15)27-22(29)17-10-5-6-12-19(17)26-23(27)30-14-21(28)25-16-8-3-2-4-9-16/h5-7,10-13,16H,2-4,8-9,14H2,1H3,(H,25,28). The average Bonchev–Trinajstić information content (AvgIpc) is 2.75. The maximum atomic E-state index is 13.3. The molecule has 0 aliphatic heterocycles. The molecule has 1 aliphatic rings. The Morgan fingerprint density at radius 3 is 2.73 bits per heavy atom. The van der Waals surface area contributed by atoms with Crippen molar-refractivity contribution in [2.45, 2.75) is 50.2 Å². The van der Waals surface area contributed by atoms with Gasteiger partial charge in [0.2, 0.25) is 5.91 Å². The zero-order chi connectivity index (χ0) is 21.1. The maximum Gasteiger partial charge on any atom is 0.266 e. The molecule has 30 heavy (non-hydrogen) atoms. The molecule has 1 N–H and O–H groups in total. The number of fused-ring (bicyclic) bond motifs is 1. The number of amides is 1. The molecule has 0 saturated heterocycles. The first-order valence-electron chi connectivity index (χ1n) is 10.2. The van der Waals surface area contributed by atoms with Crippen LogP contribution in [0.5, 0.6) is 0 Å². The van der Waals surface area contributed by atoms with Gasteiger partial charge in [0.15, 0.2) is 5.16 Å². The average molecular weight is 442 g/mol. The summed E-state index contributed by atoms with van der Waals surface area (Å²) in [5, 5.41) is 4.73. The highest BCUT2D eigenvalue weighted by Gasteiger charge is 2.19. The first-order valence-corrected chi connectivity index (χ1v) is 11.6. The molecule has 1 saturated carbocycles. The minimum absolute atomic E-state index is 0.0244. The molecule has 0 unspecified atom stereocenters. The molecule has 1 heterocycles. The number of aromatic nitrogens is 2. The van der Waals surface area contributed by atoms with E-state index in [1.165, 1.54) is 18.2 Å². The Hall–Kier alpha value is -2.31. The van der Waals surface area contributed by atoms with Crippen molar-refractivity contribution in [1.29, 1.82) is 0 Å². The Balaban J connectivity index is 1.68. The van der Waals surface area contributed by atoms with Crippen molar-refractivity contribution in [2.75, 3.05) is 5.75 Å². The Kier molecular flexibility index (Phi) is 6.44. The molecule has 0 spiro atoms. The van der Waals surface area contributed by atoms with Crippen molar-refractivity contribution in [2.24, 2.45) is 0 Å². The van der Waals surface area contributed by atoms with Gasteiger partial charge in [-0.15, -0.1) is 0 Å². The van der Waals surface area contributed by atoms with E-state index in [-0.39, 0.29) is 23.3 Å². The lowest BCUT2D eigenvalue weighted by Crippen LogP contribution is -2.37. The van der Waals surface area contributed by atoms with Crippen molar-refractivity contribution in [3.63, 3.8) is 0 Å². The lowest BCUT2D eigenvalue weighted by molar-refractivity contribution is -0.119. The van der Waals surface area contributed by atoms with E-state index < -0.39 is 0 Å². The molecule has 0 atom stereocenters. The lowest BCUT2D eigenvalue weighted by atomic mass is 9.95. The predicted molar refractivity (Wildman–Crippen MR) is 123 cm³/mol. The number of benzene rings is 2. The summed E-state index contributed by atoms with van der Waals surface area (Å²) >= 11 is 7.59. The highest BCUT2D eigenvalue weighted by molar-refractivity contribution is 7.99. The van der Waals surface area contributed by atoms with Gasteiger partial charge in [0, 0.05) is 11.1 Å². The second-order valence-corrected chi connectivity index (χ2v) is 8.98. The molecule has 7 heteroatoms. The minimum atomic E-state index is -0.166. The summed E-state index contributed by atoms with van der Waals surface area (Å²) in [6.07, 6.45) is 5.65. The highest BCUT2D eigenvalue weighted by Crippen LogP contribution is 2.26. The van der Waals surface area contributed by atoms with E-state index in [0.29, 0.717) is 26.8 Å². The van der Waals surface area contributed by atoms with Crippen molar-refractivity contribution < 1.29 is 4.79 Å². The number of nitrogens with one attached hydrogen (secondary N) is 1. The molecule has 3 aromatic rings. The number of thioether (sulfide) groups is 1. The van der Waals surface area contributed by atoms with Gasteiger partial charge in [-0.3, -0.25) is 14.2 Å². The summed E-state index contributed by atoms with van der Waals surface area (Å²) in [7, 11) is 0.